The maximum atomic E-state index is 12.1. The Labute approximate surface area is 108 Å². The normalized spacial score (nSPS) is 10.2. The summed E-state index contributed by atoms with van der Waals surface area (Å²) in [7, 11) is 0. The van der Waals surface area contributed by atoms with Crippen molar-refractivity contribution in [2.24, 2.45) is 0 Å². The lowest BCUT2D eigenvalue weighted by molar-refractivity contribution is 0.0772. The van der Waals surface area contributed by atoms with E-state index in [0.29, 0.717) is 37.4 Å². The smallest absolute Gasteiger partial charge is 0.253 e. The average Bonchev–Trinajstić information content (AvgIpc) is 2.41. The standard InChI is InChI=1S/C14H21NO3/c1-3-15(4-2)14(17)12-7-5-8-13(11-12)18-10-6-9-16/h5,7-8,11,16H,3-4,6,9-10H2,1-2H3. The lowest BCUT2D eigenvalue weighted by Crippen LogP contribution is -2.30. The van der Waals surface area contributed by atoms with Crippen LogP contribution in [0.15, 0.2) is 24.3 Å². The van der Waals surface area contributed by atoms with Gasteiger partial charge in [0.05, 0.1) is 6.61 Å². The number of hydrogen-bond donors (Lipinski definition) is 1. The van der Waals surface area contributed by atoms with Crippen molar-refractivity contribution >= 4 is 5.91 Å². The summed E-state index contributed by atoms with van der Waals surface area (Å²) in [5, 5.41) is 8.68. The molecule has 0 saturated heterocycles. The third kappa shape index (κ3) is 4.04. The Morgan fingerprint density at radius 2 is 2.06 bits per heavy atom. The third-order valence-corrected chi connectivity index (χ3v) is 2.70. The lowest BCUT2D eigenvalue weighted by atomic mass is 10.2. The molecule has 0 saturated carbocycles. The molecule has 4 heteroatoms. The van der Waals surface area contributed by atoms with E-state index >= 15 is 0 Å². The van der Waals surface area contributed by atoms with E-state index in [9.17, 15) is 4.79 Å². The highest BCUT2D eigenvalue weighted by molar-refractivity contribution is 5.94. The Morgan fingerprint density at radius 3 is 2.67 bits per heavy atom. The maximum absolute atomic E-state index is 12.1. The van der Waals surface area contributed by atoms with Crippen LogP contribution >= 0.6 is 0 Å². The van der Waals surface area contributed by atoms with Gasteiger partial charge in [-0.05, 0) is 32.0 Å². The van der Waals surface area contributed by atoms with E-state index in [1.807, 2.05) is 26.0 Å². The molecular formula is C14H21NO3. The van der Waals surface area contributed by atoms with Crippen LogP contribution in [0.2, 0.25) is 0 Å². The van der Waals surface area contributed by atoms with Crippen LogP contribution in [0.3, 0.4) is 0 Å². The van der Waals surface area contributed by atoms with Crippen molar-refractivity contribution in [1.82, 2.24) is 4.90 Å². The van der Waals surface area contributed by atoms with Crippen LogP contribution in [0.4, 0.5) is 0 Å². The zero-order chi connectivity index (χ0) is 13.4. The number of nitrogens with zero attached hydrogens (tertiary/aromatic N) is 1. The van der Waals surface area contributed by atoms with Gasteiger partial charge in [0.25, 0.3) is 5.91 Å². The molecule has 0 aliphatic rings. The second-order valence-corrected chi connectivity index (χ2v) is 3.93. The van der Waals surface area contributed by atoms with Gasteiger partial charge in [0.1, 0.15) is 5.75 Å². The molecule has 4 nitrogen and oxygen atoms in total. The molecule has 0 fully saturated rings. The minimum Gasteiger partial charge on any atom is -0.493 e. The highest BCUT2D eigenvalue weighted by Crippen LogP contribution is 2.15. The van der Waals surface area contributed by atoms with Crippen molar-refractivity contribution in [2.45, 2.75) is 20.3 Å². The molecule has 1 rings (SSSR count). The average molecular weight is 251 g/mol. The number of carbonyl (C=O) groups is 1. The van der Waals surface area contributed by atoms with Crippen LogP contribution in [0.25, 0.3) is 0 Å². The largest absolute Gasteiger partial charge is 0.493 e. The number of aliphatic hydroxyl groups excluding tert-OH is 1. The van der Waals surface area contributed by atoms with Gasteiger partial charge in [0, 0.05) is 31.7 Å². The van der Waals surface area contributed by atoms with E-state index in [1.165, 1.54) is 0 Å². The van der Waals surface area contributed by atoms with Crippen LogP contribution in [0.1, 0.15) is 30.6 Å². The first-order chi connectivity index (χ1) is 8.72. The molecule has 0 bridgehead atoms. The van der Waals surface area contributed by atoms with Gasteiger partial charge in [0.15, 0.2) is 0 Å². The Hall–Kier alpha value is -1.55. The Morgan fingerprint density at radius 1 is 1.33 bits per heavy atom. The summed E-state index contributed by atoms with van der Waals surface area (Å²) in [6.07, 6.45) is 0.591. The number of ether oxygens (including phenoxy) is 1. The molecule has 18 heavy (non-hydrogen) atoms. The van der Waals surface area contributed by atoms with Crippen LogP contribution in [0, 0.1) is 0 Å². The predicted octanol–water partition coefficient (Wildman–Crippen LogP) is 1.93. The summed E-state index contributed by atoms with van der Waals surface area (Å²) in [6, 6.07) is 7.17. The van der Waals surface area contributed by atoms with Gasteiger partial charge >= 0.3 is 0 Å². The molecule has 0 heterocycles. The highest BCUT2D eigenvalue weighted by Gasteiger charge is 2.12. The molecule has 1 aromatic carbocycles. The molecule has 0 aliphatic heterocycles. The zero-order valence-electron chi connectivity index (χ0n) is 11.1. The fourth-order valence-electron chi connectivity index (χ4n) is 1.67. The van der Waals surface area contributed by atoms with E-state index in [2.05, 4.69) is 0 Å². The van der Waals surface area contributed by atoms with Crippen molar-refractivity contribution in [1.29, 1.82) is 0 Å². The molecule has 1 N–H and O–H groups in total. The second-order valence-electron chi connectivity index (χ2n) is 3.93. The lowest BCUT2D eigenvalue weighted by Gasteiger charge is -2.18. The minimum atomic E-state index is 0.0209. The Kier molecular flexibility index (Phi) is 6.22. The highest BCUT2D eigenvalue weighted by atomic mass is 16.5. The topological polar surface area (TPSA) is 49.8 Å². The molecule has 0 spiro atoms. The molecule has 100 valence electrons. The molecule has 1 amide bonds. The Balaban J connectivity index is 2.71. The maximum Gasteiger partial charge on any atom is 0.253 e. The molecule has 0 aliphatic carbocycles. The second kappa shape index (κ2) is 7.71. The van der Waals surface area contributed by atoms with Crippen molar-refractivity contribution < 1.29 is 14.6 Å². The van der Waals surface area contributed by atoms with Gasteiger partial charge in [0.2, 0.25) is 0 Å². The first-order valence-electron chi connectivity index (χ1n) is 6.35. The van der Waals surface area contributed by atoms with E-state index in [1.54, 1.807) is 17.0 Å². The van der Waals surface area contributed by atoms with Crippen LogP contribution in [0.5, 0.6) is 5.75 Å². The Bertz CT molecular complexity index is 375. The summed E-state index contributed by atoms with van der Waals surface area (Å²) in [6.45, 7) is 5.89. The summed E-state index contributed by atoms with van der Waals surface area (Å²) < 4.78 is 5.45. The van der Waals surface area contributed by atoms with Gasteiger partial charge < -0.3 is 14.7 Å². The van der Waals surface area contributed by atoms with Crippen molar-refractivity contribution in [3.63, 3.8) is 0 Å². The van der Waals surface area contributed by atoms with Gasteiger partial charge in [-0.1, -0.05) is 6.07 Å². The molecule has 0 unspecified atom stereocenters. The summed E-state index contributed by atoms with van der Waals surface area (Å²) in [4.78, 5) is 13.9. The van der Waals surface area contributed by atoms with Gasteiger partial charge in [-0.3, -0.25) is 4.79 Å². The van der Waals surface area contributed by atoms with Crippen molar-refractivity contribution in [3.8, 4) is 5.75 Å². The molecule has 0 aromatic heterocycles. The number of benzene rings is 1. The number of rotatable bonds is 7. The number of aliphatic hydroxyl groups is 1. The van der Waals surface area contributed by atoms with Gasteiger partial charge in [-0.2, -0.15) is 0 Å². The fraction of sp³-hybridized carbons (Fsp3) is 0.500. The molecule has 0 radical (unpaired) electrons. The summed E-state index contributed by atoms with van der Waals surface area (Å²) in [5.41, 5.74) is 0.639. The van der Waals surface area contributed by atoms with Crippen LogP contribution in [-0.2, 0) is 0 Å². The number of amides is 1. The summed E-state index contributed by atoms with van der Waals surface area (Å²) in [5.74, 6) is 0.689. The van der Waals surface area contributed by atoms with E-state index in [-0.39, 0.29) is 12.5 Å². The van der Waals surface area contributed by atoms with Crippen LogP contribution < -0.4 is 4.74 Å². The monoisotopic (exact) mass is 251 g/mol. The van der Waals surface area contributed by atoms with Crippen LogP contribution in [-0.4, -0.2) is 42.2 Å². The van der Waals surface area contributed by atoms with E-state index in [4.69, 9.17) is 9.84 Å². The van der Waals surface area contributed by atoms with Gasteiger partial charge in [-0.25, -0.2) is 0 Å². The van der Waals surface area contributed by atoms with E-state index < -0.39 is 0 Å². The first kappa shape index (κ1) is 14.5. The predicted molar refractivity (Wildman–Crippen MR) is 70.9 cm³/mol. The van der Waals surface area contributed by atoms with Crippen molar-refractivity contribution in [3.05, 3.63) is 29.8 Å². The minimum absolute atomic E-state index is 0.0209. The first-order valence-corrected chi connectivity index (χ1v) is 6.35. The zero-order valence-corrected chi connectivity index (χ0v) is 11.1. The molecule has 0 atom stereocenters. The molecule has 1 aromatic rings. The summed E-state index contributed by atoms with van der Waals surface area (Å²) >= 11 is 0. The van der Waals surface area contributed by atoms with E-state index in [0.717, 1.165) is 0 Å². The van der Waals surface area contributed by atoms with Crippen molar-refractivity contribution in [2.75, 3.05) is 26.3 Å². The van der Waals surface area contributed by atoms with Gasteiger partial charge in [-0.15, -0.1) is 0 Å². The number of carbonyl (C=O) groups excluding carboxylic acids is 1. The third-order valence-electron chi connectivity index (χ3n) is 2.70. The fourth-order valence-corrected chi connectivity index (χ4v) is 1.67. The SMILES string of the molecule is CCN(CC)C(=O)c1cccc(OCCCO)c1. The molecular weight excluding hydrogens is 230 g/mol. The number of hydrogen-bond acceptors (Lipinski definition) is 3. The quantitative estimate of drug-likeness (QED) is 0.753.